The summed E-state index contributed by atoms with van der Waals surface area (Å²) >= 11 is 0. The first-order valence-electron chi connectivity index (χ1n) is 6.90. The molecule has 2 rings (SSSR count). The zero-order valence-electron chi connectivity index (χ0n) is 11.8. The predicted molar refractivity (Wildman–Crippen MR) is 76.2 cm³/mol. The molecule has 1 saturated heterocycles. The van der Waals surface area contributed by atoms with Crippen molar-refractivity contribution in [2.45, 2.75) is 19.9 Å². The van der Waals surface area contributed by atoms with Crippen molar-refractivity contribution in [3.63, 3.8) is 0 Å². The summed E-state index contributed by atoms with van der Waals surface area (Å²) in [5.74, 6) is 0.313. The highest BCUT2D eigenvalue weighted by Crippen LogP contribution is 2.41. The molecule has 4 nitrogen and oxygen atoms in total. The van der Waals surface area contributed by atoms with Gasteiger partial charge in [0.05, 0.1) is 0 Å². The number of aliphatic hydroxyl groups excluding tert-OH is 1. The number of para-hydroxylation sites is 1. The van der Waals surface area contributed by atoms with Gasteiger partial charge in [0.1, 0.15) is 5.75 Å². The van der Waals surface area contributed by atoms with E-state index in [4.69, 9.17) is 0 Å². The van der Waals surface area contributed by atoms with Crippen LogP contribution in [0.25, 0.3) is 0 Å². The highest BCUT2D eigenvalue weighted by atomic mass is 16.3. The van der Waals surface area contributed by atoms with E-state index < -0.39 is 0 Å². The first-order valence-corrected chi connectivity index (χ1v) is 6.90. The second-order valence-electron chi connectivity index (χ2n) is 5.89. The molecule has 19 heavy (non-hydrogen) atoms. The molecule has 1 atom stereocenters. The van der Waals surface area contributed by atoms with Crippen molar-refractivity contribution in [1.29, 1.82) is 0 Å². The molecular formula is C15H24N2O2. The first-order chi connectivity index (χ1) is 9.06. The molecule has 1 fully saturated rings. The first kappa shape index (κ1) is 14.3. The van der Waals surface area contributed by atoms with Gasteiger partial charge in [-0.3, -0.25) is 4.90 Å². The van der Waals surface area contributed by atoms with Crippen molar-refractivity contribution < 1.29 is 10.2 Å². The Hall–Kier alpha value is -1.10. The van der Waals surface area contributed by atoms with Crippen LogP contribution in [0.5, 0.6) is 5.75 Å². The minimum absolute atomic E-state index is 0.0285. The lowest BCUT2D eigenvalue weighted by atomic mass is 9.79. The number of aliphatic hydroxyl groups is 1. The van der Waals surface area contributed by atoms with Gasteiger partial charge in [0, 0.05) is 49.8 Å². The standard InChI is InChI=1S/C15H24N2O2/c1-15(2,11-18)14(17-9-7-16-8-10-17)12-5-3-4-6-13(12)19/h3-6,14,16,18-19H,7-11H2,1-2H3/t14-/m0/s1. The van der Waals surface area contributed by atoms with Gasteiger partial charge in [-0.15, -0.1) is 0 Å². The van der Waals surface area contributed by atoms with E-state index in [9.17, 15) is 10.2 Å². The number of benzene rings is 1. The molecule has 0 aliphatic carbocycles. The number of phenols is 1. The van der Waals surface area contributed by atoms with Crippen molar-refractivity contribution in [1.82, 2.24) is 10.2 Å². The summed E-state index contributed by atoms with van der Waals surface area (Å²) in [4.78, 5) is 2.35. The van der Waals surface area contributed by atoms with E-state index in [0.717, 1.165) is 31.7 Å². The van der Waals surface area contributed by atoms with Gasteiger partial charge in [-0.1, -0.05) is 32.0 Å². The highest BCUT2D eigenvalue weighted by molar-refractivity contribution is 5.36. The summed E-state index contributed by atoms with van der Waals surface area (Å²) in [7, 11) is 0. The minimum Gasteiger partial charge on any atom is -0.508 e. The van der Waals surface area contributed by atoms with E-state index in [1.165, 1.54) is 0 Å². The maximum absolute atomic E-state index is 10.1. The SMILES string of the molecule is CC(C)(CO)[C@H](c1ccccc1O)N1CCNCC1. The molecule has 0 amide bonds. The van der Waals surface area contributed by atoms with Gasteiger partial charge in [0.15, 0.2) is 0 Å². The fourth-order valence-electron chi connectivity index (χ4n) is 2.86. The van der Waals surface area contributed by atoms with Crippen molar-refractivity contribution >= 4 is 0 Å². The van der Waals surface area contributed by atoms with Crippen molar-refractivity contribution in [3.8, 4) is 5.75 Å². The Kier molecular flexibility index (Phi) is 4.45. The molecule has 4 heteroatoms. The summed E-state index contributed by atoms with van der Waals surface area (Å²) < 4.78 is 0. The van der Waals surface area contributed by atoms with Crippen LogP contribution in [0, 0.1) is 5.41 Å². The van der Waals surface area contributed by atoms with E-state index in [2.05, 4.69) is 10.2 Å². The number of phenolic OH excluding ortho intramolecular Hbond substituents is 1. The van der Waals surface area contributed by atoms with Gasteiger partial charge >= 0.3 is 0 Å². The Balaban J connectivity index is 2.36. The molecule has 0 saturated carbocycles. The molecule has 0 radical (unpaired) electrons. The van der Waals surface area contributed by atoms with Crippen molar-refractivity contribution in [2.75, 3.05) is 32.8 Å². The molecule has 1 aliphatic heterocycles. The van der Waals surface area contributed by atoms with E-state index >= 15 is 0 Å². The largest absolute Gasteiger partial charge is 0.508 e. The average Bonchev–Trinajstić information content (AvgIpc) is 2.42. The lowest BCUT2D eigenvalue weighted by molar-refractivity contribution is 0.0293. The molecule has 0 spiro atoms. The number of aromatic hydroxyl groups is 1. The van der Waals surface area contributed by atoms with Crippen LogP contribution in [0.1, 0.15) is 25.5 Å². The Labute approximate surface area is 115 Å². The van der Waals surface area contributed by atoms with E-state index in [-0.39, 0.29) is 18.1 Å². The third-order valence-electron chi connectivity index (χ3n) is 3.90. The summed E-state index contributed by atoms with van der Waals surface area (Å²) in [6.07, 6.45) is 0. The Morgan fingerprint density at radius 1 is 1.26 bits per heavy atom. The molecule has 1 aromatic carbocycles. The number of nitrogens with one attached hydrogen (secondary N) is 1. The zero-order valence-corrected chi connectivity index (χ0v) is 11.8. The third-order valence-corrected chi connectivity index (χ3v) is 3.90. The maximum Gasteiger partial charge on any atom is 0.120 e. The van der Waals surface area contributed by atoms with Crippen molar-refractivity contribution in [3.05, 3.63) is 29.8 Å². The smallest absolute Gasteiger partial charge is 0.120 e. The number of rotatable bonds is 4. The fourth-order valence-corrected chi connectivity index (χ4v) is 2.86. The van der Waals surface area contributed by atoms with E-state index in [0.29, 0.717) is 5.75 Å². The average molecular weight is 264 g/mol. The van der Waals surface area contributed by atoms with Crippen LogP contribution in [0.4, 0.5) is 0 Å². The van der Waals surface area contributed by atoms with E-state index in [1.54, 1.807) is 6.07 Å². The third kappa shape index (κ3) is 3.08. The van der Waals surface area contributed by atoms with E-state index in [1.807, 2.05) is 32.0 Å². The lowest BCUT2D eigenvalue weighted by Crippen LogP contribution is -2.49. The highest BCUT2D eigenvalue weighted by Gasteiger charge is 2.36. The molecule has 3 N–H and O–H groups in total. The fraction of sp³-hybridized carbons (Fsp3) is 0.600. The quantitative estimate of drug-likeness (QED) is 0.768. The molecular weight excluding hydrogens is 240 g/mol. The Morgan fingerprint density at radius 3 is 2.47 bits per heavy atom. The van der Waals surface area contributed by atoms with Crippen LogP contribution in [0.15, 0.2) is 24.3 Å². The van der Waals surface area contributed by atoms with Crippen LogP contribution < -0.4 is 5.32 Å². The Morgan fingerprint density at radius 2 is 1.89 bits per heavy atom. The van der Waals surface area contributed by atoms with Gasteiger partial charge < -0.3 is 15.5 Å². The minimum atomic E-state index is -0.295. The van der Waals surface area contributed by atoms with Crippen LogP contribution >= 0.6 is 0 Å². The van der Waals surface area contributed by atoms with Crippen LogP contribution in [0.2, 0.25) is 0 Å². The van der Waals surface area contributed by atoms with Gasteiger partial charge in [-0.25, -0.2) is 0 Å². The monoisotopic (exact) mass is 264 g/mol. The summed E-state index contributed by atoms with van der Waals surface area (Å²) in [5, 5.41) is 23.2. The second kappa shape index (κ2) is 5.90. The molecule has 106 valence electrons. The molecule has 0 bridgehead atoms. The van der Waals surface area contributed by atoms with Crippen molar-refractivity contribution in [2.24, 2.45) is 5.41 Å². The molecule has 1 aliphatic rings. The zero-order chi connectivity index (χ0) is 13.9. The molecule has 0 aromatic heterocycles. The van der Waals surface area contributed by atoms with Gasteiger partial charge in [-0.2, -0.15) is 0 Å². The number of nitrogens with zero attached hydrogens (tertiary/aromatic N) is 1. The van der Waals surface area contributed by atoms with Gasteiger partial charge in [-0.05, 0) is 6.07 Å². The number of hydrogen-bond donors (Lipinski definition) is 3. The number of piperazine rings is 1. The Bertz CT molecular complexity index is 414. The normalized spacial score (nSPS) is 19.3. The second-order valence-corrected chi connectivity index (χ2v) is 5.89. The summed E-state index contributed by atoms with van der Waals surface area (Å²) in [6, 6.07) is 7.48. The van der Waals surface area contributed by atoms with Gasteiger partial charge in [0.2, 0.25) is 0 Å². The topological polar surface area (TPSA) is 55.7 Å². The number of hydrogen-bond acceptors (Lipinski definition) is 4. The predicted octanol–water partition coefficient (Wildman–Crippen LogP) is 1.36. The summed E-state index contributed by atoms with van der Waals surface area (Å²) in [6.45, 7) is 7.95. The van der Waals surface area contributed by atoms with Crippen LogP contribution in [-0.2, 0) is 0 Å². The van der Waals surface area contributed by atoms with Gasteiger partial charge in [0.25, 0.3) is 0 Å². The molecule has 1 aromatic rings. The summed E-state index contributed by atoms with van der Waals surface area (Å²) in [5.41, 5.74) is 0.611. The van der Waals surface area contributed by atoms with Crippen LogP contribution in [0.3, 0.4) is 0 Å². The molecule has 1 heterocycles. The lowest BCUT2D eigenvalue weighted by Gasteiger charge is -2.43. The van der Waals surface area contributed by atoms with Crippen LogP contribution in [-0.4, -0.2) is 47.9 Å². The molecule has 0 unspecified atom stereocenters. The maximum atomic E-state index is 10.1.